The largest absolute Gasteiger partial charge is 0.497 e. The van der Waals surface area contributed by atoms with Crippen molar-refractivity contribution in [3.05, 3.63) is 95.6 Å². The monoisotopic (exact) mass is 1050 g/mol. The zero-order valence-electron chi connectivity index (χ0n) is 42.9. The minimum Gasteiger partial charge on any atom is -0.497 e. The first-order valence-electron chi connectivity index (χ1n) is 24.3. The standard InChI is InChI=1S/C52H70N5O16P/c1-36(58)56-48-50(72-39(4)61)49(71-38(3)60)45(35-67-37(2)59)73-51(48)66-31-12-8-11-17-46(62)55-28-13-18-47(63)57(30-34-70-74(54)69-32-14-27-53)29-33-68-52(40-15-9-7-10-16-40,41-19-23-43(64-5)24-20-41)42-21-25-44(65-6)26-22-42/h7,9-10,15-16,19-26,45,48-51H,8,11-14,17-18,28-35,54H2,1-6H3,(H,55,62)(H,56,58). The maximum absolute atomic E-state index is 13.9. The van der Waals surface area contributed by atoms with Crippen LogP contribution in [0.1, 0.15) is 89.3 Å². The topological polar surface area (TPSA) is 272 Å². The summed E-state index contributed by atoms with van der Waals surface area (Å²) in [6.45, 7) is 5.38. The van der Waals surface area contributed by atoms with E-state index in [4.69, 9.17) is 57.7 Å². The summed E-state index contributed by atoms with van der Waals surface area (Å²) in [7, 11) is 1.42. The molecule has 4 N–H and O–H groups in total. The van der Waals surface area contributed by atoms with Crippen LogP contribution in [-0.4, -0.2) is 138 Å². The Bertz CT molecular complexity index is 2220. The summed E-state index contributed by atoms with van der Waals surface area (Å²) in [5.41, 5.74) is 7.42. The number of benzene rings is 3. The fraction of sp³-hybridized carbons (Fsp3) is 0.519. The molecule has 22 heteroatoms. The molecular formula is C52H70N5O16P. The van der Waals surface area contributed by atoms with Crippen molar-refractivity contribution in [2.75, 3.05) is 66.9 Å². The molecule has 0 radical (unpaired) electrons. The molecule has 3 aromatic rings. The van der Waals surface area contributed by atoms with Crippen LogP contribution in [0.4, 0.5) is 0 Å². The number of esters is 3. The summed E-state index contributed by atoms with van der Waals surface area (Å²) in [6.07, 6.45) is -2.39. The lowest BCUT2D eigenvalue weighted by atomic mass is 9.80. The second-order valence-electron chi connectivity index (χ2n) is 16.9. The zero-order chi connectivity index (χ0) is 53.9. The fourth-order valence-corrected chi connectivity index (χ4v) is 8.72. The third-order valence-corrected chi connectivity index (χ3v) is 12.4. The van der Waals surface area contributed by atoms with Crippen LogP contribution in [0.3, 0.4) is 0 Å². The number of nitrogens with one attached hydrogen (secondary N) is 2. The first kappa shape index (κ1) is 60.3. The Morgan fingerprint density at radius 2 is 1.31 bits per heavy atom. The third kappa shape index (κ3) is 19.6. The Morgan fingerprint density at radius 1 is 0.716 bits per heavy atom. The third-order valence-electron chi connectivity index (χ3n) is 11.5. The maximum Gasteiger partial charge on any atom is 0.303 e. The molecule has 0 spiro atoms. The number of hydrogen-bond acceptors (Lipinski definition) is 18. The lowest BCUT2D eigenvalue weighted by Gasteiger charge is -2.44. The van der Waals surface area contributed by atoms with E-state index < -0.39 is 68.6 Å². The van der Waals surface area contributed by atoms with Gasteiger partial charge in [-0.15, -0.1) is 0 Å². The summed E-state index contributed by atoms with van der Waals surface area (Å²) in [4.78, 5) is 76.5. The molecular weight excluding hydrogens is 982 g/mol. The van der Waals surface area contributed by atoms with Gasteiger partial charge in [-0.2, -0.15) is 5.26 Å². The molecule has 404 valence electrons. The van der Waals surface area contributed by atoms with E-state index in [2.05, 4.69) is 10.6 Å². The number of nitriles is 1. The number of carbonyl (C=O) groups excluding carboxylic acids is 6. The molecule has 1 saturated heterocycles. The summed E-state index contributed by atoms with van der Waals surface area (Å²) in [6, 6.07) is 26.0. The second-order valence-corrected chi connectivity index (χ2v) is 18.0. The van der Waals surface area contributed by atoms with E-state index in [0.717, 1.165) is 30.5 Å². The predicted octanol–water partition coefficient (Wildman–Crippen LogP) is 5.10. The van der Waals surface area contributed by atoms with Crippen LogP contribution in [0.25, 0.3) is 0 Å². The number of ether oxygens (including phenoxy) is 8. The highest BCUT2D eigenvalue weighted by atomic mass is 31.2. The van der Waals surface area contributed by atoms with Crippen molar-refractivity contribution in [2.45, 2.75) is 109 Å². The fourth-order valence-electron chi connectivity index (χ4n) is 8.11. The van der Waals surface area contributed by atoms with Crippen LogP contribution in [0.15, 0.2) is 78.9 Å². The smallest absolute Gasteiger partial charge is 0.303 e. The van der Waals surface area contributed by atoms with E-state index in [1.54, 1.807) is 19.1 Å². The summed E-state index contributed by atoms with van der Waals surface area (Å²) in [5, 5.41) is 14.4. The van der Waals surface area contributed by atoms with Crippen molar-refractivity contribution < 1.29 is 75.7 Å². The second kappa shape index (κ2) is 32.2. The van der Waals surface area contributed by atoms with Gasteiger partial charge in [0, 0.05) is 66.8 Å². The van der Waals surface area contributed by atoms with Gasteiger partial charge in [0.25, 0.3) is 8.53 Å². The van der Waals surface area contributed by atoms with E-state index in [9.17, 15) is 28.8 Å². The first-order valence-corrected chi connectivity index (χ1v) is 25.6. The molecule has 4 rings (SSSR count). The van der Waals surface area contributed by atoms with Crippen LogP contribution in [-0.2, 0) is 71.8 Å². The Labute approximate surface area is 433 Å². The van der Waals surface area contributed by atoms with E-state index >= 15 is 0 Å². The van der Waals surface area contributed by atoms with Crippen molar-refractivity contribution >= 4 is 44.2 Å². The van der Waals surface area contributed by atoms with Crippen molar-refractivity contribution in [1.29, 1.82) is 5.26 Å². The molecule has 21 nitrogen and oxygen atoms in total. The molecule has 6 atom stereocenters. The van der Waals surface area contributed by atoms with Crippen LogP contribution in [0.5, 0.6) is 11.5 Å². The number of nitrogens with two attached hydrogens (primary N) is 1. The van der Waals surface area contributed by atoms with Gasteiger partial charge in [-0.1, -0.05) is 61.0 Å². The van der Waals surface area contributed by atoms with E-state index in [1.807, 2.05) is 84.9 Å². The molecule has 0 aliphatic carbocycles. The zero-order valence-corrected chi connectivity index (χ0v) is 43.8. The lowest BCUT2D eigenvalue weighted by molar-refractivity contribution is -0.277. The van der Waals surface area contributed by atoms with Crippen molar-refractivity contribution in [3.63, 3.8) is 0 Å². The Kier molecular flexibility index (Phi) is 26.2. The molecule has 1 aliphatic heterocycles. The number of rotatable bonds is 32. The van der Waals surface area contributed by atoms with Gasteiger partial charge >= 0.3 is 17.9 Å². The average Bonchev–Trinajstić information content (AvgIpc) is 3.38. The predicted molar refractivity (Wildman–Crippen MR) is 269 cm³/mol. The van der Waals surface area contributed by atoms with Crippen LogP contribution >= 0.6 is 8.53 Å². The average molecular weight is 1050 g/mol. The lowest BCUT2D eigenvalue weighted by Crippen LogP contribution is -2.66. The number of hydrogen-bond donors (Lipinski definition) is 3. The molecule has 6 unspecified atom stereocenters. The van der Waals surface area contributed by atoms with Crippen molar-refractivity contribution in [3.8, 4) is 17.6 Å². The molecule has 3 amide bonds. The van der Waals surface area contributed by atoms with E-state index in [-0.39, 0.29) is 83.7 Å². The number of unbranched alkanes of at least 4 members (excludes halogenated alkanes) is 2. The highest BCUT2D eigenvalue weighted by Gasteiger charge is 2.51. The van der Waals surface area contributed by atoms with Gasteiger partial charge in [0.05, 0.1) is 46.5 Å². The van der Waals surface area contributed by atoms with E-state index in [0.29, 0.717) is 37.2 Å². The Hall–Kier alpha value is -6.24. The quantitative estimate of drug-likeness (QED) is 0.0241. The summed E-state index contributed by atoms with van der Waals surface area (Å²) < 4.78 is 57.2. The molecule has 1 aliphatic rings. The molecule has 0 saturated carbocycles. The molecule has 1 fully saturated rings. The van der Waals surface area contributed by atoms with Crippen molar-refractivity contribution in [2.24, 2.45) is 5.50 Å². The van der Waals surface area contributed by atoms with Gasteiger partial charge in [-0.25, -0.2) is 0 Å². The van der Waals surface area contributed by atoms with Crippen LogP contribution in [0, 0.1) is 11.3 Å². The molecule has 0 aromatic heterocycles. The SMILES string of the molecule is COc1ccc(C(OCCN(CCOP(N)OCCC#N)C(=O)CCCNC(=O)CCCCCOC2OC(COC(C)=O)C(OC(C)=O)C(OC(C)=O)C2NC(C)=O)(c2ccccc2)c2ccc(OC)cc2)cc1. The van der Waals surface area contributed by atoms with Crippen molar-refractivity contribution in [1.82, 2.24) is 15.5 Å². The number of nitrogens with zero attached hydrogens (tertiary/aromatic N) is 2. The van der Waals surface area contributed by atoms with Crippen LogP contribution in [0.2, 0.25) is 0 Å². The highest BCUT2D eigenvalue weighted by Crippen LogP contribution is 2.42. The Morgan fingerprint density at radius 3 is 1.89 bits per heavy atom. The minimum atomic E-state index is -1.78. The number of methoxy groups -OCH3 is 2. The first-order chi connectivity index (χ1) is 35.6. The molecule has 1 heterocycles. The molecule has 0 bridgehead atoms. The number of amides is 3. The minimum absolute atomic E-state index is 0.0641. The molecule has 74 heavy (non-hydrogen) atoms. The molecule has 3 aromatic carbocycles. The van der Waals surface area contributed by atoms with Gasteiger partial charge in [-0.05, 0) is 60.2 Å². The normalized spacial score (nSPS) is 17.7. The number of carbonyl (C=O) groups is 6. The van der Waals surface area contributed by atoms with Gasteiger partial charge in [0.1, 0.15) is 35.9 Å². The van der Waals surface area contributed by atoms with Gasteiger partial charge in [-0.3, -0.25) is 34.3 Å². The highest BCUT2D eigenvalue weighted by molar-refractivity contribution is 7.44. The van der Waals surface area contributed by atoms with E-state index in [1.165, 1.54) is 13.8 Å². The van der Waals surface area contributed by atoms with Gasteiger partial charge < -0.3 is 62.5 Å². The van der Waals surface area contributed by atoms with Gasteiger partial charge in [0.2, 0.25) is 17.7 Å². The summed E-state index contributed by atoms with van der Waals surface area (Å²) in [5.74, 6) is -1.60. The van der Waals surface area contributed by atoms with Crippen LogP contribution < -0.4 is 25.6 Å². The maximum atomic E-state index is 13.9. The van der Waals surface area contributed by atoms with Gasteiger partial charge in [0.15, 0.2) is 18.5 Å². The Balaban J connectivity index is 1.35. The summed E-state index contributed by atoms with van der Waals surface area (Å²) >= 11 is 0.